The van der Waals surface area contributed by atoms with Crippen LogP contribution in [0.4, 0.5) is 15.8 Å². The molecule has 2 heterocycles. The smallest absolute Gasteiger partial charge is 0.227 e. The van der Waals surface area contributed by atoms with Gasteiger partial charge in [0.1, 0.15) is 5.82 Å². The third-order valence-corrected chi connectivity index (χ3v) is 4.49. The van der Waals surface area contributed by atoms with E-state index in [-0.39, 0.29) is 23.7 Å². The van der Waals surface area contributed by atoms with Gasteiger partial charge in [0.15, 0.2) is 0 Å². The van der Waals surface area contributed by atoms with Gasteiger partial charge in [-0.3, -0.25) is 4.79 Å². The van der Waals surface area contributed by atoms with Gasteiger partial charge in [0, 0.05) is 24.8 Å². The summed E-state index contributed by atoms with van der Waals surface area (Å²) in [6, 6.07) is 4.78. The first-order chi connectivity index (χ1) is 11.2. The molecule has 0 radical (unpaired) electrons. The fraction of sp³-hybridized carbons (Fsp3) is 0.588. The molecule has 2 aliphatic heterocycles. The maximum atomic E-state index is 14.2. The van der Waals surface area contributed by atoms with Gasteiger partial charge in [-0.1, -0.05) is 0 Å². The SMILES string of the molecule is O=C(Nc1ccc(NCC2CCCO2)c(F)c1)C1CCNCC1. The van der Waals surface area contributed by atoms with E-state index in [1.807, 2.05) is 0 Å². The molecule has 0 spiro atoms. The van der Waals surface area contributed by atoms with Crippen LogP contribution in [0.2, 0.25) is 0 Å². The molecule has 2 fully saturated rings. The minimum absolute atomic E-state index is 0.0108. The van der Waals surface area contributed by atoms with E-state index in [0.717, 1.165) is 45.4 Å². The van der Waals surface area contributed by atoms with Gasteiger partial charge in [0.25, 0.3) is 0 Å². The second-order valence-electron chi connectivity index (χ2n) is 6.22. The van der Waals surface area contributed by atoms with Crippen LogP contribution in [0.5, 0.6) is 0 Å². The number of halogens is 1. The summed E-state index contributed by atoms with van der Waals surface area (Å²) in [4.78, 5) is 12.2. The molecule has 2 saturated heterocycles. The minimum atomic E-state index is -0.355. The Balaban J connectivity index is 1.54. The predicted molar refractivity (Wildman–Crippen MR) is 88.1 cm³/mol. The monoisotopic (exact) mass is 321 g/mol. The molecule has 1 atom stereocenters. The number of carbonyl (C=O) groups excluding carboxylic acids is 1. The Morgan fingerprint density at radius 1 is 1.30 bits per heavy atom. The van der Waals surface area contributed by atoms with E-state index >= 15 is 0 Å². The van der Waals surface area contributed by atoms with E-state index in [0.29, 0.717) is 17.9 Å². The molecule has 1 amide bonds. The fourth-order valence-electron chi connectivity index (χ4n) is 3.09. The van der Waals surface area contributed by atoms with Crippen molar-refractivity contribution in [1.82, 2.24) is 5.32 Å². The highest BCUT2D eigenvalue weighted by Crippen LogP contribution is 2.22. The standard InChI is InChI=1S/C17H24FN3O2/c18-15-10-13(21-17(22)12-5-7-19-8-6-12)3-4-16(15)20-11-14-2-1-9-23-14/h3-4,10,12,14,19-20H,1-2,5-9,11H2,(H,21,22). The Kier molecular flexibility index (Phi) is 5.46. The molecule has 2 aliphatic rings. The topological polar surface area (TPSA) is 62.4 Å². The average molecular weight is 321 g/mol. The van der Waals surface area contributed by atoms with Gasteiger partial charge in [-0.2, -0.15) is 0 Å². The summed E-state index contributed by atoms with van der Waals surface area (Å²) in [5.74, 6) is -0.367. The van der Waals surface area contributed by atoms with Crippen molar-refractivity contribution in [2.24, 2.45) is 5.92 Å². The highest BCUT2D eigenvalue weighted by molar-refractivity contribution is 5.92. The third kappa shape index (κ3) is 4.42. The van der Waals surface area contributed by atoms with Crippen molar-refractivity contribution in [3.63, 3.8) is 0 Å². The fourth-order valence-corrected chi connectivity index (χ4v) is 3.09. The summed E-state index contributed by atoms with van der Waals surface area (Å²) in [6.07, 6.45) is 3.90. The van der Waals surface area contributed by atoms with Crippen LogP contribution in [0.15, 0.2) is 18.2 Å². The van der Waals surface area contributed by atoms with Gasteiger partial charge < -0.3 is 20.7 Å². The second kappa shape index (κ2) is 7.75. The Labute approximate surface area is 136 Å². The predicted octanol–water partition coefficient (Wildman–Crippen LogP) is 2.35. The van der Waals surface area contributed by atoms with Crippen molar-refractivity contribution < 1.29 is 13.9 Å². The highest BCUT2D eigenvalue weighted by Gasteiger charge is 2.21. The van der Waals surface area contributed by atoms with Crippen molar-refractivity contribution in [3.8, 4) is 0 Å². The zero-order chi connectivity index (χ0) is 16.1. The molecule has 3 rings (SSSR count). The lowest BCUT2D eigenvalue weighted by molar-refractivity contribution is -0.120. The Morgan fingerprint density at radius 2 is 2.13 bits per heavy atom. The van der Waals surface area contributed by atoms with E-state index in [4.69, 9.17) is 4.74 Å². The van der Waals surface area contributed by atoms with Crippen LogP contribution in [0.1, 0.15) is 25.7 Å². The molecular formula is C17H24FN3O2. The molecule has 23 heavy (non-hydrogen) atoms. The van der Waals surface area contributed by atoms with Gasteiger partial charge in [-0.15, -0.1) is 0 Å². The van der Waals surface area contributed by atoms with Gasteiger partial charge in [0.05, 0.1) is 11.8 Å². The number of hydrogen-bond acceptors (Lipinski definition) is 4. The first kappa shape index (κ1) is 16.2. The number of benzene rings is 1. The first-order valence-electron chi connectivity index (χ1n) is 8.39. The third-order valence-electron chi connectivity index (χ3n) is 4.49. The maximum Gasteiger partial charge on any atom is 0.227 e. The molecule has 0 saturated carbocycles. The summed E-state index contributed by atoms with van der Waals surface area (Å²) in [5.41, 5.74) is 0.953. The normalized spacial score (nSPS) is 22.0. The summed E-state index contributed by atoms with van der Waals surface area (Å²) < 4.78 is 19.7. The lowest BCUT2D eigenvalue weighted by Gasteiger charge is -2.22. The largest absolute Gasteiger partial charge is 0.380 e. The van der Waals surface area contributed by atoms with Crippen LogP contribution < -0.4 is 16.0 Å². The lowest BCUT2D eigenvalue weighted by Crippen LogP contribution is -2.34. The molecule has 0 aromatic heterocycles. The molecule has 126 valence electrons. The van der Waals surface area contributed by atoms with Crippen LogP contribution in [-0.2, 0) is 9.53 Å². The molecule has 3 N–H and O–H groups in total. The van der Waals surface area contributed by atoms with Gasteiger partial charge in [-0.25, -0.2) is 4.39 Å². The number of carbonyl (C=O) groups is 1. The van der Waals surface area contributed by atoms with E-state index in [2.05, 4.69) is 16.0 Å². The molecule has 1 aromatic carbocycles. The molecule has 0 aliphatic carbocycles. The number of amides is 1. The van der Waals surface area contributed by atoms with E-state index in [1.165, 1.54) is 6.07 Å². The number of nitrogens with one attached hydrogen (secondary N) is 3. The van der Waals surface area contributed by atoms with Gasteiger partial charge in [0.2, 0.25) is 5.91 Å². The first-order valence-corrected chi connectivity index (χ1v) is 8.39. The van der Waals surface area contributed by atoms with Crippen LogP contribution >= 0.6 is 0 Å². The van der Waals surface area contributed by atoms with Crippen molar-refractivity contribution in [3.05, 3.63) is 24.0 Å². The van der Waals surface area contributed by atoms with Crippen LogP contribution in [0, 0.1) is 11.7 Å². The minimum Gasteiger partial charge on any atom is -0.380 e. The number of hydrogen-bond donors (Lipinski definition) is 3. The van der Waals surface area contributed by atoms with Crippen LogP contribution in [0.3, 0.4) is 0 Å². The number of rotatable bonds is 5. The van der Waals surface area contributed by atoms with Crippen LogP contribution in [-0.4, -0.2) is 38.3 Å². The summed E-state index contributed by atoms with van der Waals surface area (Å²) in [5, 5.41) is 9.12. The zero-order valence-electron chi connectivity index (χ0n) is 13.2. The maximum absolute atomic E-state index is 14.2. The average Bonchev–Trinajstić information content (AvgIpc) is 3.08. The Morgan fingerprint density at radius 3 is 2.83 bits per heavy atom. The van der Waals surface area contributed by atoms with E-state index in [1.54, 1.807) is 12.1 Å². The lowest BCUT2D eigenvalue weighted by atomic mass is 9.97. The zero-order valence-corrected chi connectivity index (χ0v) is 13.2. The molecule has 5 nitrogen and oxygen atoms in total. The number of anilines is 2. The molecular weight excluding hydrogens is 297 g/mol. The Bertz CT molecular complexity index is 541. The Hall–Kier alpha value is -1.66. The summed E-state index contributed by atoms with van der Waals surface area (Å²) >= 11 is 0. The second-order valence-corrected chi connectivity index (χ2v) is 6.22. The van der Waals surface area contributed by atoms with Crippen LogP contribution in [0.25, 0.3) is 0 Å². The summed E-state index contributed by atoms with van der Waals surface area (Å²) in [7, 11) is 0. The van der Waals surface area contributed by atoms with E-state index < -0.39 is 0 Å². The highest BCUT2D eigenvalue weighted by atomic mass is 19.1. The number of ether oxygens (including phenoxy) is 1. The van der Waals surface area contributed by atoms with Crippen molar-refractivity contribution in [2.75, 3.05) is 36.9 Å². The molecule has 0 bridgehead atoms. The molecule has 1 unspecified atom stereocenters. The van der Waals surface area contributed by atoms with Crippen molar-refractivity contribution in [2.45, 2.75) is 31.8 Å². The quantitative estimate of drug-likeness (QED) is 0.779. The van der Waals surface area contributed by atoms with E-state index in [9.17, 15) is 9.18 Å². The number of piperidine rings is 1. The molecule has 6 heteroatoms. The molecule has 1 aromatic rings. The van der Waals surface area contributed by atoms with Crippen molar-refractivity contribution in [1.29, 1.82) is 0 Å². The van der Waals surface area contributed by atoms with Gasteiger partial charge >= 0.3 is 0 Å². The van der Waals surface area contributed by atoms with Crippen molar-refractivity contribution >= 4 is 17.3 Å². The van der Waals surface area contributed by atoms with Gasteiger partial charge in [-0.05, 0) is 57.0 Å². The summed E-state index contributed by atoms with van der Waals surface area (Å²) in [6.45, 7) is 3.12.